The molecule has 0 saturated carbocycles. The van der Waals surface area contributed by atoms with Crippen LogP contribution in [-0.2, 0) is 16.0 Å². The molecule has 5 nitrogen and oxygen atoms in total. The van der Waals surface area contributed by atoms with Crippen LogP contribution < -0.4 is 5.32 Å². The minimum absolute atomic E-state index is 0.0687. The van der Waals surface area contributed by atoms with Gasteiger partial charge in [-0.05, 0) is 36.6 Å². The fourth-order valence-corrected chi connectivity index (χ4v) is 2.52. The average Bonchev–Trinajstić information content (AvgIpc) is 2.88. The molecule has 0 aliphatic heterocycles. The third kappa shape index (κ3) is 5.39. The number of nitrogens with one attached hydrogen (secondary N) is 2. The summed E-state index contributed by atoms with van der Waals surface area (Å²) < 4.78 is 13.1. The third-order valence-electron chi connectivity index (χ3n) is 3.72. The van der Waals surface area contributed by atoms with Crippen molar-refractivity contribution in [2.75, 3.05) is 6.54 Å². The quantitative estimate of drug-likeness (QED) is 0.621. The van der Waals surface area contributed by atoms with Crippen molar-refractivity contribution in [3.63, 3.8) is 0 Å². The van der Waals surface area contributed by atoms with Crippen LogP contribution in [0.25, 0.3) is 10.9 Å². The van der Waals surface area contributed by atoms with Crippen molar-refractivity contribution in [3.05, 3.63) is 35.8 Å². The number of carboxylic acids is 1. The minimum atomic E-state index is -0.767. The number of aliphatic carboxylic acids is 1. The molecule has 0 aliphatic carbocycles. The summed E-state index contributed by atoms with van der Waals surface area (Å²) in [6, 6.07) is 4.47. The number of H-pyrrole nitrogens is 1. The lowest BCUT2D eigenvalue weighted by atomic mass is 10.1. The number of benzene rings is 1. The molecule has 0 spiro atoms. The molecule has 1 aromatic carbocycles. The lowest BCUT2D eigenvalue weighted by Gasteiger charge is -2.05. The van der Waals surface area contributed by atoms with Crippen molar-refractivity contribution in [2.24, 2.45) is 0 Å². The maximum absolute atomic E-state index is 13.1. The van der Waals surface area contributed by atoms with Crippen molar-refractivity contribution < 1.29 is 19.1 Å². The van der Waals surface area contributed by atoms with E-state index in [0.717, 1.165) is 30.2 Å². The van der Waals surface area contributed by atoms with Crippen LogP contribution >= 0.6 is 0 Å². The Labute approximate surface area is 133 Å². The number of carboxylic acid groups (broad SMARTS) is 1. The van der Waals surface area contributed by atoms with Gasteiger partial charge in [0.15, 0.2) is 0 Å². The Balaban J connectivity index is 1.69. The smallest absolute Gasteiger partial charge is 0.303 e. The summed E-state index contributed by atoms with van der Waals surface area (Å²) in [6.45, 7) is 0.586. The van der Waals surface area contributed by atoms with Gasteiger partial charge in [-0.3, -0.25) is 9.59 Å². The maximum atomic E-state index is 13.1. The van der Waals surface area contributed by atoms with E-state index in [1.54, 1.807) is 12.3 Å². The normalized spacial score (nSPS) is 10.8. The predicted molar refractivity (Wildman–Crippen MR) is 85.7 cm³/mol. The number of rotatable bonds is 9. The molecule has 1 aromatic heterocycles. The second-order valence-electron chi connectivity index (χ2n) is 5.59. The number of carbonyl (C=O) groups is 2. The molecule has 3 N–H and O–H groups in total. The molecule has 0 bridgehead atoms. The number of aromatic nitrogens is 1. The van der Waals surface area contributed by atoms with E-state index in [-0.39, 0.29) is 24.6 Å². The zero-order valence-corrected chi connectivity index (χ0v) is 12.9. The maximum Gasteiger partial charge on any atom is 0.303 e. The standard InChI is InChI=1S/C17H21FN2O3/c18-13-6-7-14-12(11-20-15(14)10-13)9-16(21)19-8-4-2-1-3-5-17(22)23/h6-7,10-11,20H,1-5,8-9H2,(H,19,21)(H,22,23). The van der Waals surface area contributed by atoms with Crippen molar-refractivity contribution in [2.45, 2.75) is 38.5 Å². The van der Waals surface area contributed by atoms with Crippen LogP contribution in [0.5, 0.6) is 0 Å². The molecule has 0 unspecified atom stereocenters. The van der Waals surface area contributed by atoms with Crippen LogP contribution in [0, 0.1) is 5.82 Å². The molecule has 0 aliphatic rings. The van der Waals surface area contributed by atoms with Gasteiger partial charge in [-0.15, -0.1) is 0 Å². The molecule has 0 fully saturated rings. The summed E-state index contributed by atoms with van der Waals surface area (Å²) in [5, 5.41) is 12.2. The molecule has 23 heavy (non-hydrogen) atoms. The van der Waals surface area contributed by atoms with Crippen molar-refractivity contribution >= 4 is 22.8 Å². The molecule has 0 saturated heterocycles. The number of amides is 1. The number of carbonyl (C=O) groups excluding carboxylic acids is 1. The lowest BCUT2D eigenvalue weighted by molar-refractivity contribution is -0.137. The Morgan fingerprint density at radius 2 is 1.96 bits per heavy atom. The summed E-state index contributed by atoms with van der Waals surface area (Å²) in [5.74, 6) is -1.14. The molecule has 124 valence electrons. The lowest BCUT2D eigenvalue weighted by Crippen LogP contribution is -2.26. The average molecular weight is 320 g/mol. The van der Waals surface area contributed by atoms with Gasteiger partial charge in [-0.2, -0.15) is 0 Å². The molecular weight excluding hydrogens is 299 g/mol. The van der Waals surface area contributed by atoms with Crippen LogP contribution in [0.15, 0.2) is 24.4 Å². The van der Waals surface area contributed by atoms with E-state index in [4.69, 9.17) is 5.11 Å². The second kappa shape index (κ2) is 8.31. The Kier molecular flexibility index (Phi) is 6.14. The Bertz CT molecular complexity index is 682. The monoisotopic (exact) mass is 320 g/mol. The topological polar surface area (TPSA) is 82.2 Å². The molecule has 2 aromatic rings. The highest BCUT2D eigenvalue weighted by atomic mass is 19.1. The molecule has 0 radical (unpaired) electrons. The fourth-order valence-electron chi connectivity index (χ4n) is 2.52. The van der Waals surface area contributed by atoms with E-state index in [1.807, 2.05) is 0 Å². The van der Waals surface area contributed by atoms with Crippen LogP contribution in [-0.4, -0.2) is 28.5 Å². The third-order valence-corrected chi connectivity index (χ3v) is 3.72. The first-order chi connectivity index (χ1) is 11.1. The first-order valence-corrected chi connectivity index (χ1v) is 7.80. The first kappa shape index (κ1) is 17.0. The van der Waals surface area contributed by atoms with Crippen molar-refractivity contribution in [1.29, 1.82) is 0 Å². The largest absolute Gasteiger partial charge is 0.481 e. The molecule has 0 atom stereocenters. The van der Waals surface area contributed by atoms with Gasteiger partial charge in [0.1, 0.15) is 5.82 Å². The fraction of sp³-hybridized carbons (Fsp3) is 0.412. The van der Waals surface area contributed by atoms with Gasteiger partial charge in [-0.25, -0.2) is 4.39 Å². The first-order valence-electron chi connectivity index (χ1n) is 7.80. The van der Waals surface area contributed by atoms with Crippen molar-refractivity contribution in [1.82, 2.24) is 10.3 Å². The van der Waals surface area contributed by atoms with Gasteiger partial charge in [-0.1, -0.05) is 12.8 Å². The highest BCUT2D eigenvalue weighted by Crippen LogP contribution is 2.19. The predicted octanol–water partition coefficient (Wildman–Crippen LogP) is 3.00. The number of hydrogen-bond donors (Lipinski definition) is 3. The second-order valence-corrected chi connectivity index (χ2v) is 5.59. The molecule has 1 heterocycles. The SMILES string of the molecule is O=C(O)CCCCCCNC(=O)Cc1c[nH]c2cc(F)ccc12. The summed E-state index contributed by atoms with van der Waals surface area (Å²) in [6.07, 6.45) is 5.46. The van der Waals surface area contributed by atoms with Crippen LogP contribution in [0.1, 0.15) is 37.7 Å². The number of halogens is 1. The molecule has 6 heteroatoms. The van der Waals surface area contributed by atoms with Gasteiger partial charge in [0, 0.05) is 30.1 Å². The minimum Gasteiger partial charge on any atom is -0.481 e. The number of hydrogen-bond acceptors (Lipinski definition) is 2. The molecule has 1 amide bonds. The number of unbranched alkanes of at least 4 members (excludes halogenated alkanes) is 3. The highest BCUT2D eigenvalue weighted by Gasteiger charge is 2.09. The van der Waals surface area contributed by atoms with Crippen LogP contribution in [0.4, 0.5) is 4.39 Å². The van der Waals surface area contributed by atoms with E-state index in [0.29, 0.717) is 18.5 Å². The zero-order valence-electron chi connectivity index (χ0n) is 12.9. The van der Waals surface area contributed by atoms with E-state index in [1.165, 1.54) is 12.1 Å². The summed E-state index contributed by atoms with van der Waals surface area (Å²) >= 11 is 0. The van der Waals surface area contributed by atoms with Crippen molar-refractivity contribution in [3.8, 4) is 0 Å². The van der Waals surface area contributed by atoms with Gasteiger partial charge in [0.2, 0.25) is 5.91 Å². The van der Waals surface area contributed by atoms with E-state index in [2.05, 4.69) is 10.3 Å². The molecular formula is C17H21FN2O3. The Hall–Kier alpha value is -2.37. The van der Waals surface area contributed by atoms with Gasteiger partial charge in [0.25, 0.3) is 0 Å². The zero-order chi connectivity index (χ0) is 16.7. The Morgan fingerprint density at radius 3 is 2.74 bits per heavy atom. The number of fused-ring (bicyclic) bond motifs is 1. The van der Waals surface area contributed by atoms with E-state index < -0.39 is 5.97 Å². The van der Waals surface area contributed by atoms with Gasteiger partial charge in [0.05, 0.1) is 6.42 Å². The Morgan fingerprint density at radius 1 is 1.17 bits per heavy atom. The van der Waals surface area contributed by atoms with E-state index in [9.17, 15) is 14.0 Å². The van der Waals surface area contributed by atoms with E-state index >= 15 is 0 Å². The van der Waals surface area contributed by atoms with Crippen LogP contribution in [0.2, 0.25) is 0 Å². The summed E-state index contributed by atoms with van der Waals surface area (Å²) in [7, 11) is 0. The van der Waals surface area contributed by atoms with Crippen LogP contribution in [0.3, 0.4) is 0 Å². The summed E-state index contributed by atoms with van der Waals surface area (Å²) in [4.78, 5) is 25.2. The number of aromatic amines is 1. The molecule has 2 rings (SSSR count). The van der Waals surface area contributed by atoms with Gasteiger partial charge >= 0.3 is 5.97 Å². The van der Waals surface area contributed by atoms with Gasteiger partial charge < -0.3 is 15.4 Å². The summed E-state index contributed by atoms with van der Waals surface area (Å²) in [5.41, 5.74) is 1.53. The highest BCUT2D eigenvalue weighted by molar-refractivity contribution is 5.88.